The Bertz CT molecular complexity index is 694. The number of alkyl carbamates (subject to hydrolysis) is 1. The largest absolute Gasteiger partial charge is 0.444 e. The summed E-state index contributed by atoms with van der Waals surface area (Å²) in [6.07, 6.45) is -0.423. The molecule has 0 saturated carbocycles. The molecule has 0 aliphatic heterocycles. The van der Waals surface area contributed by atoms with Gasteiger partial charge in [0.2, 0.25) is 0 Å². The highest BCUT2D eigenvalue weighted by Gasteiger charge is 2.17. The number of benzene rings is 1. The van der Waals surface area contributed by atoms with E-state index in [1.54, 1.807) is 0 Å². The number of ether oxygens (including phenoxy) is 1. The summed E-state index contributed by atoms with van der Waals surface area (Å²) in [7, 11) is 0. The molecule has 2 aromatic rings. The highest BCUT2D eigenvalue weighted by molar-refractivity contribution is 5.72. The van der Waals surface area contributed by atoms with Crippen LogP contribution in [0.15, 0.2) is 42.5 Å². The summed E-state index contributed by atoms with van der Waals surface area (Å²) in [5, 5.41) is 2.78. The standard InChI is InChI=1S/C19H25N3O2/c1-13(12-21-18(23)24-19(2,3)4)16-11-10-15(20)17(22-16)14-8-6-5-7-9-14/h5-11,13H,12,20H2,1-4H3,(H,21,23). The van der Waals surface area contributed by atoms with Crippen molar-refractivity contribution in [3.05, 3.63) is 48.2 Å². The number of pyridine rings is 1. The van der Waals surface area contributed by atoms with Crippen molar-refractivity contribution in [1.82, 2.24) is 10.3 Å². The minimum absolute atomic E-state index is 0.0422. The molecule has 24 heavy (non-hydrogen) atoms. The van der Waals surface area contributed by atoms with Crippen LogP contribution in [0.2, 0.25) is 0 Å². The molecular formula is C19H25N3O2. The lowest BCUT2D eigenvalue weighted by molar-refractivity contribution is 0.0525. The molecule has 0 fully saturated rings. The van der Waals surface area contributed by atoms with E-state index in [1.165, 1.54) is 0 Å². The van der Waals surface area contributed by atoms with Crippen LogP contribution in [-0.2, 0) is 4.74 Å². The maximum Gasteiger partial charge on any atom is 0.407 e. The van der Waals surface area contributed by atoms with Gasteiger partial charge in [-0.15, -0.1) is 0 Å². The average molecular weight is 327 g/mol. The predicted octanol–water partition coefficient (Wildman–Crippen LogP) is 3.96. The van der Waals surface area contributed by atoms with E-state index in [2.05, 4.69) is 10.3 Å². The van der Waals surface area contributed by atoms with Crippen LogP contribution in [0, 0.1) is 0 Å². The third-order valence-corrected chi connectivity index (χ3v) is 3.45. The van der Waals surface area contributed by atoms with Crippen LogP contribution >= 0.6 is 0 Å². The Hall–Kier alpha value is -2.56. The summed E-state index contributed by atoms with van der Waals surface area (Å²) < 4.78 is 5.25. The predicted molar refractivity (Wildman–Crippen MR) is 96.7 cm³/mol. The van der Waals surface area contributed by atoms with Crippen LogP contribution < -0.4 is 11.1 Å². The lowest BCUT2D eigenvalue weighted by Crippen LogP contribution is -2.34. The van der Waals surface area contributed by atoms with Crippen molar-refractivity contribution in [2.24, 2.45) is 0 Å². The number of nitrogens with two attached hydrogens (primary N) is 1. The fourth-order valence-electron chi connectivity index (χ4n) is 2.24. The van der Waals surface area contributed by atoms with Crippen molar-refractivity contribution in [3.8, 4) is 11.3 Å². The van der Waals surface area contributed by atoms with Gasteiger partial charge in [0.25, 0.3) is 0 Å². The fourth-order valence-corrected chi connectivity index (χ4v) is 2.24. The summed E-state index contributed by atoms with van der Waals surface area (Å²) >= 11 is 0. The first kappa shape index (κ1) is 17.8. The summed E-state index contributed by atoms with van der Waals surface area (Å²) in [4.78, 5) is 16.4. The van der Waals surface area contributed by atoms with Crippen molar-refractivity contribution in [3.63, 3.8) is 0 Å². The summed E-state index contributed by atoms with van der Waals surface area (Å²) in [6.45, 7) is 7.96. The number of hydrogen-bond donors (Lipinski definition) is 2. The van der Waals surface area contributed by atoms with E-state index in [-0.39, 0.29) is 5.92 Å². The minimum atomic E-state index is -0.507. The molecule has 3 N–H and O–H groups in total. The van der Waals surface area contributed by atoms with Crippen molar-refractivity contribution >= 4 is 11.8 Å². The number of nitrogens with one attached hydrogen (secondary N) is 1. The first-order valence-corrected chi connectivity index (χ1v) is 8.05. The first-order valence-electron chi connectivity index (χ1n) is 8.05. The molecule has 0 saturated heterocycles. The molecule has 1 aromatic carbocycles. The maximum atomic E-state index is 11.8. The highest BCUT2D eigenvalue weighted by Crippen LogP contribution is 2.25. The van der Waals surface area contributed by atoms with E-state index in [0.29, 0.717) is 12.2 Å². The number of amides is 1. The molecule has 0 radical (unpaired) electrons. The van der Waals surface area contributed by atoms with E-state index in [9.17, 15) is 4.79 Å². The van der Waals surface area contributed by atoms with E-state index in [1.807, 2.05) is 70.2 Å². The molecule has 128 valence electrons. The molecule has 5 heteroatoms. The average Bonchev–Trinajstić information content (AvgIpc) is 2.52. The van der Waals surface area contributed by atoms with E-state index in [0.717, 1.165) is 17.0 Å². The van der Waals surface area contributed by atoms with Gasteiger partial charge in [0.05, 0.1) is 11.4 Å². The van der Waals surface area contributed by atoms with Crippen LogP contribution in [-0.4, -0.2) is 23.2 Å². The van der Waals surface area contributed by atoms with Crippen molar-refractivity contribution in [1.29, 1.82) is 0 Å². The van der Waals surface area contributed by atoms with Gasteiger partial charge < -0.3 is 15.8 Å². The Labute approximate surface area is 143 Å². The minimum Gasteiger partial charge on any atom is -0.444 e. The third-order valence-electron chi connectivity index (χ3n) is 3.45. The molecule has 5 nitrogen and oxygen atoms in total. The second-order valence-electron chi connectivity index (χ2n) is 6.82. The van der Waals surface area contributed by atoms with Gasteiger partial charge in [-0.1, -0.05) is 37.3 Å². The SMILES string of the molecule is CC(CNC(=O)OC(C)(C)C)c1ccc(N)c(-c2ccccc2)n1. The quantitative estimate of drug-likeness (QED) is 0.891. The normalized spacial score (nSPS) is 12.5. The molecule has 1 heterocycles. The second kappa shape index (κ2) is 7.34. The van der Waals surface area contributed by atoms with E-state index in [4.69, 9.17) is 10.5 Å². The van der Waals surface area contributed by atoms with Crippen molar-refractivity contribution in [2.45, 2.75) is 39.2 Å². The van der Waals surface area contributed by atoms with Crippen LogP contribution in [0.1, 0.15) is 39.3 Å². The van der Waals surface area contributed by atoms with Crippen molar-refractivity contribution < 1.29 is 9.53 Å². The molecule has 0 aliphatic rings. The lowest BCUT2D eigenvalue weighted by atomic mass is 10.0. The lowest BCUT2D eigenvalue weighted by Gasteiger charge is -2.21. The molecule has 1 atom stereocenters. The number of aromatic nitrogens is 1. The van der Waals surface area contributed by atoms with Gasteiger partial charge in [-0.2, -0.15) is 0 Å². The third kappa shape index (κ3) is 4.98. The number of carbonyl (C=O) groups excluding carboxylic acids is 1. The number of carbonyl (C=O) groups is 1. The number of nitrogen functional groups attached to an aromatic ring is 1. The molecule has 0 bridgehead atoms. The molecule has 1 unspecified atom stereocenters. The topological polar surface area (TPSA) is 77.2 Å². The number of anilines is 1. The van der Waals surface area contributed by atoms with E-state index >= 15 is 0 Å². The summed E-state index contributed by atoms with van der Waals surface area (Å²) in [5.74, 6) is 0.0422. The maximum absolute atomic E-state index is 11.8. The van der Waals surface area contributed by atoms with Gasteiger partial charge in [0, 0.05) is 23.7 Å². The zero-order valence-corrected chi connectivity index (χ0v) is 14.7. The Morgan fingerprint density at radius 3 is 2.50 bits per heavy atom. The molecule has 1 aromatic heterocycles. The summed E-state index contributed by atoms with van der Waals surface area (Å²) in [6, 6.07) is 13.6. The number of nitrogens with zero attached hydrogens (tertiary/aromatic N) is 1. The van der Waals surface area contributed by atoms with Crippen LogP contribution in [0.25, 0.3) is 11.3 Å². The number of rotatable bonds is 4. The molecule has 0 spiro atoms. The molecule has 0 aliphatic carbocycles. The Morgan fingerprint density at radius 2 is 1.88 bits per heavy atom. The molecule has 2 rings (SSSR count). The highest BCUT2D eigenvalue weighted by atomic mass is 16.6. The van der Waals surface area contributed by atoms with Gasteiger partial charge in [0.1, 0.15) is 5.60 Å². The summed E-state index contributed by atoms with van der Waals surface area (Å²) in [5.41, 5.74) is 8.80. The van der Waals surface area contributed by atoms with Gasteiger partial charge in [0.15, 0.2) is 0 Å². The van der Waals surface area contributed by atoms with Crippen LogP contribution in [0.4, 0.5) is 10.5 Å². The fraction of sp³-hybridized carbons (Fsp3) is 0.368. The molecule has 1 amide bonds. The van der Waals surface area contributed by atoms with Gasteiger partial charge >= 0.3 is 6.09 Å². The smallest absolute Gasteiger partial charge is 0.407 e. The zero-order chi connectivity index (χ0) is 17.7. The van der Waals surface area contributed by atoms with Crippen LogP contribution in [0.5, 0.6) is 0 Å². The molecular weight excluding hydrogens is 302 g/mol. The van der Waals surface area contributed by atoms with Gasteiger partial charge in [-0.25, -0.2) is 4.79 Å². The number of hydrogen-bond acceptors (Lipinski definition) is 4. The van der Waals surface area contributed by atoms with Gasteiger partial charge in [-0.3, -0.25) is 4.98 Å². The Morgan fingerprint density at radius 1 is 1.21 bits per heavy atom. The zero-order valence-electron chi connectivity index (χ0n) is 14.7. The van der Waals surface area contributed by atoms with Crippen LogP contribution in [0.3, 0.4) is 0 Å². The van der Waals surface area contributed by atoms with E-state index < -0.39 is 11.7 Å². The second-order valence-corrected chi connectivity index (χ2v) is 6.82. The first-order chi connectivity index (χ1) is 11.3. The Balaban J connectivity index is 2.08. The van der Waals surface area contributed by atoms with Crippen molar-refractivity contribution in [2.75, 3.05) is 12.3 Å². The van der Waals surface area contributed by atoms with Gasteiger partial charge in [-0.05, 0) is 32.9 Å². The monoisotopic (exact) mass is 327 g/mol. The Kier molecular flexibility index (Phi) is 5.44.